The van der Waals surface area contributed by atoms with E-state index in [1.54, 1.807) is 17.9 Å². The summed E-state index contributed by atoms with van der Waals surface area (Å²) in [5.41, 5.74) is 4.50. The number of esters is 1. The van der Waals surface area contributed by atoms with Gasteiger partial charge in [0.1, 0.15) is 23.7 Å². The van der Waals surface area contributed by atoms with E-state index in [0.717, 1.165) is 64.2 Å². The Morgan fingerprint density at radius 2 is 1.49 bits per heavy atom. The lowest BCUT2D eigenvalue weighted by Gasteiger charge is -2.36. The minimum absolute atomic E-state index is 0.263. The standard InChI is InChI=1S/C41H45F3N2O5/c1-5-49-38(47)35-24-23-33-34(45-35)10-8-11-36(33)46(39(48)51-40(2,3)4)26-25-31-9-6-7-12-37(31)50-27-30-17-15-28(16-18-30)13-14-29-19-21-32(22-20-29)41(42,43)44/h6-7,9,12,15-24,36H,5,8,10-11,13-14,25-27H2,1-4H3. The molecule has 0 bridgehead atoms. The highest BCUT2D eigenvalue weighted by atomic mass is 19.4. The number of halogens is 3. The number of carbonyl (C=O) groups excluding carboxylic acids is 2. The average Bonchev–Trinajstić information content (AvgIpc) is 3.09. The lowest BCUT2D eigenvalue weighted by molar-refractivity contribution is -0.137. The topological polar surface area (TPSA) is 78.0 Å². The minimum atomic E-state index is -4.34. The van der Waals surface area contributed by atoms with Gasteiger partial charge in [-0.1, -0.05) is 60.7 Å². The number of aryl methyl sites for hydroxylation is 3. The molecule has 5 rings (SSSR count). The van der Waals surface area contributed by atoms with Gasteiger partial charge in [0.15, 0.2) is 0 Å². The zero-order chi connectivity index (χ0) is 36.6. The smallest absolute Gasteiger partial charge is 0.416 e. The van der Waals surface area contributed by atoms with Crippen LogP contribution in [0.1, 0.15) is 96.1 Å². The molecule has 270 valence electrons. The summed E-state index contributed by atoms with van der Waals surface area (Å²) in [6, 6.07) is 24.4. The highest BCUT2D eigenvalue weighted by Crippen LogP contribution is 2.35. The van der Waals surface area contributed by atoms with E-state index in [2.05, 4.69) is 4.98 Å². The van der Waals surface area contributed by atoms with E-state index in [1.807, 2.05) is 75.4 Å². The van der Waals surface area contributed by atoms with Crippen molar-refractivity contribution in [3.8, 4) is 5.75 Å². The molecule has 0 saturated heterocycles. The summed E-state index contributed by atoms with van der Waals surface area (Å²) in [5, 5.41) is 0. The molecule has 7 nitrogen and oxygen atoms in total. The molecule has 51 heavy (non-hydrogen) atoms. The van der Waals surface area contributed by atoms with Crippen molar-refractivity contribution in [2.75, 3.05) is 13.2 Å². The number of benzene rings is 3. The maximum atomic E-state index is 13.7. The predicted octanol–water partition coefficient (Wildman–Crippen LogP) is 9.50. The fraction of sp³-hybridized carbons (Fsp3) is 0.390. The SMILES string of the molecule is CCOC(=O)c1ccc2c(n1)CCCC2N(CCc1ccccc1OCc1ccc(CCc2ccc(C(F)(F)F)cc2)cc1)C(=O)OC(C)(C)C. The molecule has 0 N–H and O–H groups in total. The van der Waals surface area contributed by atoms with Crippen molar-refractivity contribution in [2.24, 2.45) is 0 Å². The number of carbonyl (C=O) groups is 2. The molecule has 1 unspecified atom stereocenters. The first kappa shape index (κ1) is 37.4. The molecule has 0 saturated carbocycles. The molecule has 10 heteroatoms. The first-order valence-electron chi connectivity index (χ1n) is 17.4. The Bertz CT molecular complexity index is 1780. The van der Waals surface area contributed by atoms with Gasteiger partial charge in [-0.2, -0.15) is 13.2 Å². The number of nitrogens with zero attached hydrogens (tertiary/aromatic N) is 2. The molecular formula is C41H45F3N2O5. The first-order chi connectivity index (χ1) is 24.3. The van der Waals surface area contributed by atoms with Crippen LogP contribution in [0.15, 0.2) is 84.9 Å². The van der Waals surface area contributed by atoms with Crippen LogP contribution in [-0.2, 0) is 47.9 Å². The van der Waals surface area contributed by atoms with E-state index in [4.69, 9.17) is 14.2 Å². The zero-order valence-corrected chi connectivity index (χ0v) is 29.6. The maximum Gasteiger partial charge on any atom is 0.416 e. The van der Waals surface area contributed by atoms with Gasteiger partial charge in [-0.3, -0.25) is 0 Å². The lowest BCUT2D eigenvalue weighted by Crippen LogP contribution is -2.41. The van der Waals surface area contributed by atoms with Crippen molar-refractivity contribution in [3.05, 3.63) is 130 Å². The normalized spacial score (nSPS) is 14.4. The van der Waals surface area contributed by atoms with E-state index in [9.17, 15) is 22.8 Å². The number of para-hydroxylation sites is 1. The Morgan fingerprint density at radius 3 is 2.14 bits per heavy atom. The summed E-state index contributed by atoms with van der Waals surface area (Å²) < 4.78 is 55.9. The summed E-state index contributed by atoms with van der Waals surface area (Å²) >= 11 is 0. The summed E-state index contributed by atoms with van der Waals surface area (Å²) in [4.78, 5) is 32.4. The van der Waals surface area contributed by atoms with Crippen LogP contribution in [0.5, 0.6) is 5.75 Å². The highest BCUT2D eigenvalue weighted by Gasteiger charge is 2.33. The molecular weight excluding hydrogens is 657 g/mol. The Kier molecular flexibility index (Phi) is 12.1. The second-order valence-corrected chi connectivity index (χ2v) is 13.7. The van der Waals surface area contributed by atoms with Crippen LogP contribution in [0.3, 0.4) is 0 Å². The molecule has 1 aliphatic rings. The minimum Gasteiger partial charge on any atom is -0.489 e. The van der Waals surface area contributed by atoms with Gasteiger partial charge in [0.05, 0.1) is 18.2 Å². The van der Waals surface area contributed by atoms with Crippen LogP contribution < -0.4 is 4.74 Å². The molecule has 0 radical (unpaired) electrons. The fourth-order valence-corrected chi connectivity index (χ4v) is 6.18. The van der Waals surface area contributed by atoms with E-state index in [-0.39, 0.29) is 18.3 Å². The molecule has 1 aliphatic carbocycles. The second kappa shape index (κ2) is 16.4. The fourth-order valence-electron chi connectivity index (χ4n) is 6.18. The molecule has 0 fully saturated rings. The van der Waals surface area contributed by atoms with Gasteiger partial charge in [-0.05, 0) is 118 Å². The van der Waals surface area contributed by atoms with Crippen LogP contribution in [0.2, 0.25) is 0 Å². The quantitative estimate of drug-likeness (QED) is 0.137. The van der Waals surface area contributed by atoms with Gasteiger partial charge in [0, 0.05) is 12.2 Å². The molecule has 1 atom stereocenters. The molecule has 3 aromatic carbocycles. The van der Waals surface area contributed by atoms with E-state index >= 15 is 0 Å². The number of aromatic nitrogens is 1. The Balaban J connectivity index is 1.24. The van der Waals surface area contributed by atoms with Crippen LogP contribution in [0.25, 0.3) is 0 Å². The maximum absolute atomic E-state index is 13.7. The van der Waals surface area contributed by atoms with Crippen molar-refractivity contribution in [2.45, 2.75) is 90.6 Å². The van der Waals surface area contributed by atoms with E-state index in [1.165, 1.54) is 12.1 Å². The number of hydrogen-bond acceptors (Lipinski definition) is 6. The van der Waals surface area contributed by atoms with E-state index in [0.29, 0.717) is 38.8 Å². The molecule has 0 aliphatic heterocycles. The highest BCUT2D eigenvalue weighted by molar-refractivity contribution is 5.87. The lowest BCUT2D eigenvalue weighted by atomic mass is 9.89. The average molecular weight is 703 g/mol. The number of hydrogen-bond donors (Lipinski definition) is 0. The summed E-state index contributed by atoms with van der Waals surface area (Å²) in [5.74, 6) is 0.258. The number of alkyl halides is 3. The number of pyridine rings is 1. The zero-order valence-electron chi connectivity index (χ0n) is 29.6. The third kappa shape index (κ3) is 10.3. The van der Waals surface area contributed by atoms with Crippen molar-refractivity contribution >= 4 is 12.1 Å². The van der Waals surface area contributed by atoms with Crippen molar-refractivity contribution in [1.29, 1.82) is 0 Å². The van der Waals surface area contributed by atoms with Crippen molar-refractivity contribution in [1.82, 2.24) is 9.88 Å². The van der Waals surface area contributed by atoms with Gasteiger partial charge < -0.3 is 19.1 Å². The molecule has 0 spiro atoms. The molecule has 1 aromatic heterocycles. The third-order valence-corrected chi connectivity index (χ3v) is 8.74. The van der Waals surface area contributed by atoms with Crippen LogP contribution in [0, 0.1) is 0 Å². The van der Waals surface area contributed by atoms with Crippen molar-refractivity contribution < 1.29 is 37.0 Å². The first-order valence-corrected chi connectivity index (χ1v) is 17.4. The second-order valence-electron chi connectivity index (χ2n) is 13.7. The Labute approximate surface area is 297 Å². The number of fused-ring (bicyclic) bond motifs is 1. The van der Waals surface area contributed by atoms with Crippen LogP contribution in [-0.4, -0.2) is 40.7 Å². The largest absolute Gasteiger partial charge is 0.489 e. The van der Waals surface area contributed by atoms with E-state index < -0.39 is 29.4 Å². The molecule has 1 heterocycles. The van der Waals surface area contributed by atoms with Gasteiger partial charge in [0.25, 0.3) is 0 Å². The summed E-state index contributed by atoms with van der Waals surface area (Å²) in [6.45, 7) is 8.29. The number of amides is 1. The third-order valence-electron chi connectivity index (χ3n) is 8.74. The molecule has 4 aromatic rings. The van der Waals surface area contributed by atoms with Crippen molar-refractivity contribution in [3.63, 3.8) is 0 Å². The summed E-state index contributed by atoms with van der Waals surface area (Å²) in [6.07, 6.45) is -0.620. The van der Waals surface area contributed by atoms with Gasteiger partial charge in [-0.15, -0.1) is 0 Å². The number of ether oxygens (including phenoxy) is 3. The predicted molar refractivity (Wildman–Crippen MR) is 189 cm³/mol. The Hall–Kier alpha value is -4.86. The number of rotatable bonds is 12. The van der Waals surface area contributed by atoms with Crippen LogP contribution in [0.4, 0.5) is 18.0 Å². The van der Waals surface area contributed by atoms with Gasteiger partial charge in [0.2, 0.25) is 0 Å². The van der Waals surface area contributed by atoms with Gasteiger partial charge >= 0.3 is 18.2 Å². The monoisotopic (exact) mass is 702 g/mol. The molecule has 1 amide bonds. The van der Waals surface area contributed by atoms with Gasteiger partial charge in [-0.25, -0.2) is 14.6 Å². The Morgan fingerprint density at radius 1 is 0.843 bits per heavy atom. The van der Waals surface area contributed by atoms with Crippen LogP contribution >= 0.6 is 0 Å². The summed E-state index contributed by atoms with van der Waals surface area (Å²) in [7, 11) is 0.